The molecule has 0 fully saturated rings. The third-order valence-electron chi connectivity index (χ3n) is 3.21. The fraction of sp³-hybridized carbons (Fsp3) is 0.176. The quantitative estimate of drug-likeness (QED) is 0.882. The molecule has 2 amide bonds. The Morgan fingerprint density at radius 3 is 2.52 bits per heavy atom. The van der Waals surface area contributed by atoms with Gasteiger partial charge < -0.3 is 15.8 Å². The number of anilines is 1. The summed E-state index contributed by atoms with van der Waals surface area (Å²) in [7, 11) is 0. The van der Waals surface area contributed by atoms with Crippen LogP contribution in [0.25, 0.3) is 0 Å². The standard InChI is InChI=1S/C17H17ClN2O3/c1-10-3-6-15(11(2)7-10)23-9-16(21)20-12-4-5-13(17(19)22)14(18)8-12/h3-8H,9H2,1-2H3,(H2,19,22)(H,20,21). The lowest BCUT2D eigenvalue weighted by molar-refractivity contribution is -0.118. The SMILES string of the molecule is Cc1ccc(OCC(=O)Nc2ccc(C(N)=O)c(Cl)c2)c(C)c1. The lowest BCUT2D eigenvalue weighted by Crippen LogP contribution is -2.20. The number of hydrogen-bond acceptors (Lipinski definition) is 3. The van der Waals surface area contributed by atoms with Gasteiger partial charge in [0.2, 0.25) is 5.91 Å². The van der Waals surface area contributed by atoms with Crippen molar-refractivity contribution in [2.75, 3.05) is 11.9 Å². The minimum absolute atomic E-state index is 0.126. The van der Waals surface area contributed by atoms with Gasteiger partial charge in [-0.1, -0.05) is 29.3 Å². The molecule has 23 heavy (non-hydrogen) atoms. The third kappa shape index (κ3) is 4.47. The van der Waals surface area contributed by atoms with Crippen LogP contribution in [0.4, 0.5) is 5.69 Å². The van der Waals surface area contributed by atoms with Gasteiger partial charge in [0, 0.05) is 5.69 Å². The second kappa shape index (κ2) is 7.15. The van der Waals surface area contributed by atoms with Gasteiger partial charge in [0.1, 0.15) is 5.75 Å². The van der Waals surface area contributed by atoms with Crippen LogP contribution in [0.5, 0.6) is 5.75 Å². The molecule has 5 nitrogen and oxygen atoms in total. The van der Waals surface area contributed by atoms with Crippen molar-refractivity contribution in [2.45, 2.75) is 13.8 Å². The Hall–Kier alpha value is -2.53. The number of amides is 2. The van der Waals surface area contributed by atoms with E-state index in [9.17, 15) is 9.59 Å². The highest BCUT2D eigenvalue weighted by molar-refractivity contribution is 6.34. The number of carbonyl (C=O) groups excluding carboxylic acids is 2. The number of carbonyl (C=O) groups is 2. The number of primary amides is 1. The Morgan fingerprint density at radius 2 is 1.91 bits per heavy atom. The molecule has 0 aliphatic carbocycles. The molecular weight excluding hydrogens is 316 g/mol. The van der Waals surface area contributed by atoms with Crippen molar-refractivity contribution in [3.63, 3.8) is 0 Å². The van der Waals surface area contributed by atoms with Crippen LogP contribution in [-0.4, -0.2) is 18.4 Å². The Morgan fingerprint density at radius 1 is 1.17 bits per heavy atom. The van der Waals surface area contributed by atoms with E-state index in [-0.39, 0.29) is 23.1 Å². The van der Waals surface area contributed by atoms with Gasteiger partial charge in [0.25, 0.3) is 5.91 Å². The van der Waals surface area contributed by atoms with E-state index in [4.69, 9.17) is 22.1 Å². The first-order chi connectivity index (χ1) is 10.9. The van der Waals surface area contributed by atoms with Gasteiger partial charge in [-0.2, -0.15) is 0 Å². The molecular formula is C17H17ClN2O3. The van der Waals surface area contributed by atoms with E-state index in [2.05, 4.69) is 5.32 Å². The first-order valence-corrected chi connectivity index (χ1v) is 7.34. The summed E-state index contributed by atoms with van der Waals surface area (Å²) in [5, 5.41) is 2.84. The van der Waals surface area contributed by atoms with Crippen molar-refractivity contribution in [3.05, 3.63) is 58.1 Å². The van der Waals surface area contributed by atoms with Gasteiger partial charge in [-0.05, 0) is 43.7 Å². The predicted octanol–water partition coefficient (Wildman–Crippen LogP) is 3.07. The number of ether oxygens (including phenoxy) is 1. The van der Waals surface area contributed by atoms with E-state index < -0.39 is 5.91 Å². The molecule has 0 bridgehead atoms. The van der Waals surface area contributed by atoms with Crippen molar-refractivity contribution < 1.29 is 14.3 Å². The minimum atomic E-state index is -0.619. The number of rotatable bonds is 5. The van der Waals surface area contributed by atoms with Crippen LogP contribution in [0.15, 0.2) is 36.4 Å². The number of aryl methyl sites for hydroxylation is 2. The molecule has 0 saturated heterocycles. The summed E-state index contributed by atoms with van der Waals surface area (Å²) in [6.07, 6.45) is 0. The zero-order valence-corrected chi connectivity index (χ0v) is 13.6. The molecule has 2 aromatic rings. The molecule has 0 aromatic heterocycles. The van der Waals surface area contributed by atoms with Crippen molar-refractivity contribution in [2.24, 2.45) is 5.73 Å². The Bertz CT molecular complexity index is 759. The van der Waals surface area contributed by atoms with E-state index in [1.165, 1.54) is 12.1 Å². The van der Waals surface area contributed by atoms with Crippen molar-refractivity contribution in [3.8, 4) is 5.75 Å². The van der Waals surface area contributed by atoms with Crippen LogP contribution in [-0.2, 0) is 4.79 Å². The summed E-state index contributed by atoms with van der Waals surface area (Å²) < 4.78 is 5.50. The highest BCUT2D eigenvalue weighted by Gasteiger charge is 2.10. The van der Waals surface area contributed by atoms with Crippen LogP contribution in [0.1, 0.15) is 21.5 Å². The smallest absolute Gasteiger partial charge is 0.262 e. The van der Waals surface area contributed by atoms with Gasteiger partial charge >= 0.3 is 0 Å². The first kappa shape index (κ1) is 16.8. The number of hydrogen-bond donors (Lipinski definition) is 2. The zero-order valence-electron chi connectivity index (χ0n) is 12.9. The normalized spacial score (nSPS) is 10.2. The van der Waals surface area contributed by atoms with Gasteiger partial charge in [-0.15, -0.1) is 0 Å². The van der Waals surface area contributed by atoms with Gasteiger partial charge in [-0.3, -0.25) is 9.59 Å². The molecule has 0 aliphatic rings. The van der Waals surface area contributed by atoms with E-state index in [0.29, 0.717) is 11.4 Å². The van der Waals surface area contributed by atoms with E-state index in [1.54, 1.807) is 6.07 Å². The summed E-state index contributed by atoms with van der Waals surface area (Å²) in [5.74, 6) is -0.285. The highest BCUT2D eigenvalue weighted by Crippen LogP contribution is 2.21. The molecule has 0 aliphatic heterocycles. The molecule has 0 spiro atoms. The largest absolute Gasteiger partial charge is 0.483 e. The van der Waals surface area contributed by atoms with Gasteiger partial charge in [-0.25, -0.2) is 0 Å². The van der Waals surface area contributed by atoms with Crippen molar-refractivity contribution >= 4 is 29.1 Å². The second-order valence-electron chi connectivity index (χ2n) is 5.16. The van der Waals surface area contributed by atoms with Crippen molar-refractivity contribution in [1.29, 1.82) is 0 Å². The molecule has 0 unspecified atom stereocenters. The molecule has 2 rings (SSSR count). The van der Waals surface area contributed by atoms with Crippen LogP contribution >= 0.6 is 11.6 Å². The van der Waals surface area contributed by atoms with Crippen LogP contribution in [0.2, 0.25) is 5.02 Å². The molecule has 3 N–H and O–H groups in total. The molecule has 0 atom stereocenters. The van der Waals surface area contributed by atoms with Gasteiger partial charge in [0.05, 0.1) is 10.6 Å². The fourth-order valence-corrected chi connectivity index (χ4v) is 2.37. The van der Waals surface area contributed by atoms with Crippen LogP contribution in [0.3, 0.4) is 0 Å². The van der Waals surface area contributed by atoms with Crippen LogP contribution < -0.4 is 15.8 Å². The molecule has 2 aromatic carbocycles. The second-order valence-corrected chi connectivity index (χ2v) is 5.57. The van der Waals surface area contributed by atoms with Gasteiger partial charge in [0.15, 0.2) is 6.61 Å². The average Bonchev–Trinajstić information content (AvgIpc) is 2.46. The number of nitrogens with two attached hydrogens (primary N) is 1. The maximum Gasteiger partial charge on any atom is 0.262 e. The summed E-state index contributed by atoms with van der Waals surface area (Å²) in [6.45, 7) is 3.78. The first-order valence-electron chi connectivity index (χ1n) is 6.96. The Labute approximate surface area is 139 Å². The summed E-state index contributed by atoms with van der Waals surface area (Å²) in [6, 6.07) is 10.2. The third-order valence-corrected chi connectivity index (χ3v) is 3.52. The topological polar surface area (TPSA) is 81.4 Å². The number of halogens is 1. The maximum absolute atomic E-state index is 11.9. The number of nitrogens with one attached hydrogen (secondary N) is 1. The maximum atomic E-state index is 11.9. The zero-order chi connectivity index (χ0) is 17.0. The monoisotopic (exact) mass is 332 g/mol. The lowest BCUT2D eigenvalue weighted by Gasteiger charge is -2.11. The molecule has 0 saturated carbocycles. The summed E-state index contributed by atoms with van der Waals surface area (Å²) in [5.41, 5.74) is 7.94. The summed E-state index contributed by atoms with van der Waals surface area (Å²) >= 11 is 5.93. The van der Waals surface area contributed by atoms with E-state index in [0.717, 1.165) is 11.1 Å². The molecule has 0 heterocycles. The summed E-state index contributed by atoms with van der Waals surface area (Å²) in [4.78, 5) is 23.0. The van der Waals surface area contributed by atoms with E-state index >= 15 is 0 Å². The van der Waals surface area contributed by atoms with E-state index in [1.807, 2.05) is 32.0 Å². The van der Waals surface area contributed by atoms with Crippen LogP contribution in [0, 0.1) is 13.8 Å². The molecule has 6 heteroatoms. The number of benzene rings is 2. The molecule has 120 valence electrons. The highest BCUT2D eigenvalue weighted by atomic mass is 35.5. The lowest BCUT2D eigenvalue weighted by atomic mass is 10.1. The fourth-order valence-electron chi connectivity index (χ4n) is 2.09. The Kier molecular flexibility index (Phi) is 5.24. The Balaban J connectivity index is 1.97. The minimum Gasteiger partial charge on any atom is -0.483 e. The average molecular weight is 333 g/mol. The van der Waals surface area contributed by atoms with Crippen molar-refractivity contribution in [1.82, 2.24) is 0 Å². The predicted molar refractivity (Wildman–Crippen MR) is 90.0 cm³/mol. The molecule has 0 radical (unpaired) electrons.